The normalized spacial score (nSPS) is 34.6. The van der Waals surface area contributed by atoms with Crippen LogP contribution in [0.5, 0.6) is 0 Å². The van der Waals surface area contributed by atoms with Gasteiger partial charge in [0.15, 0.2) is 11.6 Å². The van der Waals surface area contributed by atoms with Crippen molar-refractivity contribution in [3.05, 3.63) is 29.8 Å². The number of hydrogen-bond acceptors (Lipinski definition) is 2. The number of rotatable bonds is 4. The number of benzene rings is 1. The molecule has 1 aromatic carbocycles. The lowest BCUT2D eigenvalue weighted by Gasteiger charge is -2.59. The minimum absolute atomic E-state index is 0.114. The molecule has 4 aliphatic rings. The molecule has 5 rings (SSSR count). The highest BCUT2D eigenvalue weighted by atomic mass is 35.5. The fourth-order valence-corrected chi connectivity index (χ4v) is 6.24. The summed E-state index contributed by atoms with van der Waals surface area (Å²) >= 11 is 6.74. The molecule has 4 saturated carbocycles. The lowest BCUT2D eigenvalue weighted by Crippen LogP contribution is -2.58. The highest BCUT2D eigenvalue weighted by Crippen LogP contribution is 2.63. The van der Waals surface area contributed by atoms with Crippen molar-refractivity contribution >= 4 is 29.1 Å². The fourth-order valence-electron chi connectivity index (χ4n) is 5.54. The third-order valence-electron chi connectivity index (χ3n) is 6.08. The summed E-state index contributed by atoms with van der Waals surface area (Å²) in [5.41, 5.74) is -0.314. The summed E-state index contributed by atoms with van der Waals surface area (Å²) in [4.78, 5) is 24.6. The molecule has 0 spiro atoms. The van der Waals surface area contributed by atoms with Crippen LogP contribution in [0.25, 0.3) is 0 Å². The Labute approximate surface area is 155 Å². The Kier molecular flexibility index (Phi) is 4.21. The van der Waals surface area contributed by atoms with Gasteiger partial charge in [0.1, 0.15) is 0 Å². The molecule has 0 saturated heterocycles. The first kappa shape index (κ1) is 17.7. The molecule has 0 heterocycles. The van der Waals surface area contributed by atoms with Crippen LogP contribution in [0.4, 0.5) is 14.5 Å². The highest BCUT2D eigenvalue weighted by molar-refractivity contribution is 6.24. The second-order valence-electron chi connectivity index (χ2n) is 8.25. The van der Waals surface area contributed by atoms with Gasteiger partial charge in [0.05, 0.1) is 12.0 Å². The Morgan fingerprint density at radius 3 is 2.42 bits per heavy atom. The van der Waals surface area contributed by atoms with Crippen LogP contribution in [0, 0.1) is 28.9 Å². The van der Waals surface area contributed by atoms with Gasteiger partial charge in [0.25, 0.3) is 0 Å². The van der Waals surface area contributed by atoms with Gasteiger partial charge in [-0.1, -0.05) is 0 Å². The van der Waals surface area contributed by atoms with Gasteiger partial charge in [0.2, 0.25) is 11.8 Å². The summed E-state index contributed by atoms with van der Waals surface area (Å²) in [7, 11) is 0. The van der Waals surface area contributed by atoms with E-state index in [1.54, 1.807) is 0 Å². The van der Waals surface area contributed by atoms with Gasteiger partial charge < -0.3 is 10.6 Å². The van der Waals surface area contributed by atoms with E-state index >= 15 is 0 Å². The van der Waals surface area contributed by atoms with E-state index in [-0.39, 0.29) is 23.0 Å². The predicted molar refractivity (Wildman–Crippen MR) is 93.7 cm³/mol. The van der Waals surface area contributed by atoms with E-state index in [0.29, 0.717) is 18.3 Å². The van der Waals surface area contributed by atoms with E-state index in [0.717, 1.165) is 44.2 Å². The molecule has 4 aliphatic carbocycles. The second-order valence-corrected chi connectivity index (χ2v) is 9.05. The first-order valence-corrected chi connectivity index (χ1v) is 9.37. The van der Waals surface area contributed by atoms with Gasteiger partial charge >= 0.3 is 0 Å². The van der Waals surface area contributed by atoms with Crippen LogP contribution in [0.1, 0.15) is 38.5 Å². The van der Waals surface area contributed by atoms with Crippen molar-refractivity contribution in [3.8, 4) is 0 Å². The maximum atomic E-state index is 13.2. The van der Waals surface area contributed by atoms with Gasteiger partial charge in [-0.3, -0.25) is 9.59 Å². The number of hydrogen-bond donors (Lipinski definition) is 2. The predicted octanol–water partition coefficient (Wildman–Crippen LogP) is 3.60. The van der Waals surface area contributed by atoms with Gasteiger partial charge in [-0.15, -0.1) is 11.6 Å². The van der Waals surface area contributed by atoms with Crippen LogP contribution in [-0.2, 0) is 9.59 Å². The molecule has 2 atom stereocenters. The standard InChI is InChI=1S/C19H21ClF2N2O2/c20-19-7-11-3-12(8-19)6-18(5-11,10-19)17(26)23-9-16(25)24-13-1-2-14(21)15(22)4-13/h1-2,4,11-12H,3,5-10H2,(H,23,26)(H,24,25)/t11-,12-,18?,19?/m1/s1. The quantitative estimate of drug-likeness (QED) is 0.782. The topological polar surface area (TPSA) is 58.2 Å². The molecule has 0 unspecified atom stereocenters. The van der Waals surface area contributed by atoms with E-state index in [2.05, 4.69) is 10.6 Å². The summed E-state index contributed by atoms with van der Waals surface area (Å²) in [5.74, 6) is -1.61. The Hall–Kier alpha value is -1.69. The van der Waals surface area contributed by atoms with Crippen LogP contribution in [0.2, 0.25) is 0 Å². The van der Waals surface area contributed by atoms with Crippen molar-refractivity contribution in [1.82, 2.24) is 5.32 Å². The molecule has 7 heteroatoms. The lowest BCUT2D eigenvalue weighted by molar-refractivity contribution is -0.145. The molecule has 0 radical (unpaired) electrons. The summed E-state index contributed by atoms with van der Waals surface area (Å²) in [6.07, 6.45) is 5.47. The molecular weight excluding hydrogens is 362 g/mol. The Bertz CT molecular complexity index is 756. The largest absolute Gasteiger partial charge is 0.347 e. The molecule has 4 nitrogen and oxygen atoms in total. The molecule has 2 amide bonds. The van der Waals surface area contributed by atoms with Gasteiger partial charge in [-0.2, -0.15) is 0 Å². The number of halogens is 3. The first-order valence-electron chi connectivity index (χ1n) is 8.99. The highest BCUT2D eigenvalue weighted by Gasteiger charge is 2.60. The molecule has 2 N–H and O–H groups in total. The Morgan fingerprint density at radius 2 is 1.81 bits per heavy atom. The third kappa shape index (κ3) is 3.20. The van der Waals surface area contributed by atoms with Crippen LogP contribution >= 0.6 is 11.6 Å². The molecular formula is C19H21ClF2N2O2. The summed E-state index contributed by atoms with van der Waals surface area (Å²) < 4.78 is 26.1. The SMILES string of the molecule is O=C(CNC(=O)C12C[C@H]3C[C@@H](CC(Cl)(C3)C1)C2)Nc1ccc(F)c(F)c1. The summed E-state index contributed by atoms with van der Waals surface area (Å²) in [6.45, 7) is -0.204. The number of carbonyl (C=O) groups is 2. The Morgan fingerprint density at radius 1 is 1.12 bits per heavy atom. The number of carbonyl (C=O) groups excluding carboxylic acids is 2. The zero-order valence-corrected chi connectivity index (χ0v) is 15.0. The van der Waals surface area contributed by atoms with Gasteiger partial charge in [-0.05, 0) is 62.5 Å². The number of anilines is 1. The molecule has 1 aromatic rings. The number of amides is 2. The van der Waals surface area contributed by atoms with Crippen molar-refractivity contribution in [3.63, 3.8) is 0 Å². The van der Waals surface area contributed by atoms with Crippen molar-refractivity contribution in [2.75, 3.05) is 11.9 Å². The second kappa shape index (κ2) is 6.19. The average Bonchev–Trinajstić information content (AvgIpc) is 2.53. The van der Waals surface area contributed by atoms with E-state index in [1.807, 2.05) is 0 Å². The third-order valence-corrected chi connectivity index (χ3v) is 6.53. The minimum Gasteiger partial charge on any atom is -0.347 e. The molecule has 140 valence electrons. The van der Waals surface area contributed by atoms with Gasteiger partial charge in [-0.25, -0.2) is 8.78 Å². The molecule has 0 aromatic heterocycles. The Balaban J connectivity index is 1.36. The van der Waals surface area contributed by atoms with Crippen LogP contribution in [-0.4, -0.2) is 23.2 Å². The van der Waals surface area contributed by atoms with E-state index in [4.69, 9.17) is 11.6 Å². The summed E-state index contributed by atoms with van der Waals surface area (Å²) in [6, 6.07) is 3.12. The monoisotopic (exact) mass is 382 g/mol. The van der Waals surface area contributed by atoms with Crippen molar-refractivity contribution < 1.29 is 18.4 Å². The van der Waals surface area contributed by atoms with Crippen molar-refractivity contribution in [1.29, 1.82) is 0 Å². The molecule has 4 fully saturated rings. The van der Waals surface area contributed by atoms with E-state index in [1.165, 1.54) is 6.07 Å². The van der Waals surface area contributed by atoms with Gasteiger partial charge in [0, 0.05) is 16.6 Å². The smallest absolute Gasteiger partial charge is 0.243 e. The molecule has 4 bridgehead atoms. The zero-order chi connectivity index (χ0) is 18.5. The fraction of sp³-hybridized carbons (Fsp3) is 0.579. The van der Waals surface area contributed by atoms with E-state index < -0.39 is 23.0 Å². The first-order chi connectivity index (χ1) is 12.3. The number of nitrogens with one attached hydrogen (secondary N) is 2. The minimum atomic E-state index is -1.03. The zero-order valence-electron chi connectivity index (χ0n) is 14.3. The maximum Gasteiger partial charge on any atom is 0.243 e. The number of alkyl halides is 1. The molecule has 0 aliphatic heterocycles. The molecule has 26 heavy (non-hydrogen) atoms. The van der Waals surface area contributed by atoms with Crippen LogP contribution in [0.3, 0.4) is 0 Å². The maximum absolute atomic E-state index is 13.2. The summed E-state index contributed by atoms with van der Waals surface area (Å²) in [5, 5.41) is 5.19. The van der Waals surface area contributed by atoms with Crippen LogP contribution in [0.15, 0.2) is 18.2 Å². The van der Waals surface area contributed by atoms with Crippen molar-refractivity contribution in [2.45, 2.75) is 43.4 Å². The van der Waals surface area contributed by atoms with E-state index in [9.17, 15) is 18.4 Å². The van der Waals surface area contributed by atoms with Crippen LogP contribution < -0.4 is 10.6 Å². The lowest BCUT2D eigenvalue weighted by atomic mass is 9.49. The van der Waals surface area contributed by atoms with Crippen molar-refractivity contribution in [2.24, 2.45) is 17.3 Å². The average molecular weight is 383 g/mol.